The fourth-order valence-corrected chi connectivity index (χ4v) is 2.38. The minimum absolute atomic E-state index is 0.0226. The van der Waals surface area contributed by atoms with E-state index in [0.717, 1.165) is 12.8 Å². The molecule has 0 aliphatic carbocycles. The molecular formula is C15H20ClNO4. The minimum Gasteiger partial charge on any atom is -0.484 e. The van der Waals surface area contributed by atoms with E-state index in [9.17, 15) is 4.79 Å². The third-order valence-electron chi connectivity index (χ3n) is 3.42. The van der Waals surface area contributed by atoms with Gasteiger partial charge in [-0.15, -0.1) is 0 Å². The van der Waals surface area contributed by atoms with Gasteiger partial charge in [0, 0.05) is 18.1 Å². The zero-order valence-electron chi connectivity index (χ0n) is 11.8. The maximum atomic E-state index is 12.1. The maximum absolute atomic E-state index is 12.1. The largest absolute Gasteiger partial charge is 0.484 e. The molecule has 0 aromatic heterocycles. The van der Waals surface area contributed by atoms with Gasteiger partial charge in [-0.1, -0.05) is 11.6 Å². The van der Waals surface area contributed by atoms with Gasteiger partial charge in [-0.25, -0.2) is 0 Å². The third-order valence-corrected chi connectivity index (χ3v) is 3.67. The zero-order valence-corrected chi connectivity index (χ0v) is 12.6. The minimum atomic E-state index is -0.0226. The Morgan fingerprint density at radius 1 is 1.29 bits per heavy atom. The lowest BCUT2D eigenvalue weighted by molar-refractivity contribution is -0.136. The molecular weight excluding hydrogens is 294 g/mol. The van der Waals surface area contributed by atoms with Gasteiger partial charge >= 0.3 is 0 Å². The van der Waals surface area contributed by atoms with Gasteiger partial charge in [-0.3, -0.25) is 4.79 Å². The summed E-state index contributed by atoms with van der Waals surface area (Å²) in [4.78, 5) is 13.8. The van der Waals surface area contributed by atoms with Crippen molar-refractivity contribution in [2.24, 2.45) is 0 Å². The first-order valence-electron chi connectivity index (χ1n) is 7.07. The maximum Gasteiger partial charge on any atom is 0.260 e. The van der Waals surface area contributed by atoms with Crippen LogP contribution in [0.15, 0.2) is 24.3 Å². The Bertz CT molecular complexity index is 443. The van der Waals surface area contributed by atoms with Crippen molar-refractivity contribution in [1.82, 2.24) is 4.90 Å². The first-order chi connectivity index (χ1) is 10.2. The molecule has 1 aromatic carbocycles. The monoisotopic (exact) mass is 313 g/mol. The molecule has 0 unspecified atom stereocenters. The molecule has 6 heteroatoms. The van der Waals surface area contributed by atoms with Crippen LogP contribution in [-0.2, 0) is 9.53 Å². The average Bonchev–Trinajstić information content (AvgIpc) is 2.52. The Balaban J connectivity index is 1.71. The molecule has 0 atom stereocenters. The van der Waals surface area contributed by atoms with Crippen molar-refractivity contribution in [3.8, 4) is 5.75 Å². The van der Waals surface area contributed by atoms with E-state index in [1.807, 2.05) is 0 Å². The van der Waals surface area contributed by atoms with Crippen LogP contribution >= 0.6 is 11.6 Å². The molecule has 0 spiro atoms. The highest BCUT2D eigenvalue weighted by atomic mass is 35.5. The summed E-state index contributed by atoms with van der Waals surface area (Å²) in [7, 11) is 0. The number of carbonyl (C=O) groups excluding carboxylic acids is 1. The predicted octanol–water partition coefficient (Wildman–Crippen LogP) is 1.72. The van der Waals surface area contributed by atoms with Gasteiger partial charge in [-0.05, 0) is 37.1 Å². The standard InChI is InChI=1S/C15H20ClNO4/c16-12-1-3-13(4-2-12)21-11-15(19)17-7-5-14(6-8-17)20-10-9-18/h1-4,14,18H,5-11H2. The number of amides is 1. The van der Waals surface area contributed by atoms with E-state index in [1.165, 1.54) is 0 Å². The molecule has 1 amide bonds. The molecule has 1 saturated heterocycles. The van der Waals surface area contributed by atoms with Gasteiger partial charge in [0.25, 0.3) is 5.91 Å². The number of nitrogens with zero attached hydrogens (tertiary/aromatic N) is 1. The van der Waals surface area contributed by atoms with E-state index in [-0.39, 0.29) is 25.2 Å². The number of rotatable bonds is 6. The van der Waals surface area contributed by atoms with E-state index in [0.29, 0.717) is 30.5 Å². The Kier molecular flexibility index (Phi) is 6.29. The third kappa shape index (κ3) is 5.19. The van der Waals surface area contributed by atoms with Gasteiger partial charge in [0.1, 0.15) is 5.75 Å². The number of hydrogen-bond donors (Lipinski definition) is 1. The van der Waals surface area contributed by atoms with Crippen LogP contribution in [0, 0.1) is 0 Å². The summed E-state index contributed by atoms with van der Waals surface area (Å²) in [6.45, 7) is 1.76. The molecule has 1 N–H and O–H groups in total. The number of piperidine rings is 1. The summed E-state index contributed by atoms with van der Waals surface area (Å²) >= 11 is 5.79. The van der Waals surface area contributed by atoms with Crippen molar-refractivity contribution in [3.05, 3.63) is 29.3 Å². The molecule has 1 aliphatic heterocycles. The lowest BCUT2D eigenvalue weighted by Gasteiger charge is -2.31. The molecule has 1 heterocycles. The Morgan fingerprint density at radius 3 is 2.57 bits per heavy atom. The molecule has 1 fully saturated rings. The highest BCUT2D eigenvalue weighted by Crippen LogP contribution is 2.17. The first-order valence-corrected chi connectivity index (χ1v) is 7.45. The van der Waals surface area contributed by atoms with Crippen molar-refractivity contribution in [2.75, 3.05) is 32.9 Å². The van der Waals surface area contributed by atoms with Crippen LogP contribution in [0.1, 0.15) is 12.8 Å². The number of carbonyl (C=O) groups is 1. The number of aliphatic hydroxyl groups excluding tert-OH is 1. The molecule has 0 radical (unpaired) electrons. The number of benzene rings is 1. The summed E-state index contributed by atoms with van der Waals surface area (Å²) in [5.74, 6) is 0.611. The number of ether oxygens (including phenoxy) is 2. The second-order valence-electron chi connectivity index (χ2n) is 4.92. The molecule has 21 heavy (non-hydrogen) atoms. The van der Waals surface area contributed by atoms with Gasteiger partial charge in [0.15, 0.2) is 6.61 Å². The van der Waals surface area contributed by atoms with E-state index >= 15 is 0 Å². The summed E-state index contributed by atoms with van der Waals surface area (Å²) in [5, 5.41) is 9.36. The summed E-state index contributed by atoms with van der Waals surface area (Å²) in [6.07, 6.45) is 1.73. The van der Waals surface area contributed by atoms with Gasteiger partial charge in [0.2, 0.25) is 0 Å². The SMILES string of the molecule is O=C(COc1ccc(Cl)cc1)N1CCC(OCCO)CC1. The normalized spacial score (nSPS) is 16.0. The molecule has 2 rings (SSSR count). The number of likely N-dealkylation sites (tertiary alicyclic amines) is 1. The van der Waals surface area contributed by atoms with E-state index < -0.39 is 0 Å². The molecule has 1 aliphatic rings. The van der Waals surface area contributed by atoms with Gasteiger partial charge in [0.05, 0.1) is 19.3 Å². The topological polar surface area (TPSA) is 59.0 Å². The smallest absolute Gasteiger partial charge is 0.260 e. The number of aliphatic hydroxyl groups is 1. The molecule has 5 nitrogen and oxygen atoms in total. The van der Waals surface area contributed by atoms with Gasteiger partial charge < -0.3 is 19.5 Å². The predicted molar refractivity (Wildman–Crippen MR) is 79.6 cm³/mol. The van der Waals surface area contributed by atoms with E-state index in [4.69, 9.17) is 26.2 Å². The van der Waals surface area contributed by atoms with E-state index in [2.05, 4.69) is 0 Å². The lowest BCUT2D eigenvalue weighted by atomic mass is 10.1. The second-order valence-corrected chi connectivity index (χ2v) is 5.35. The fraction of sp³-hybridized carbons (Fsp3) is 0.533. The molecule has 0 saturated carbocycles. The van der Waals surface area contributed by atoms with Crippen LogP contribution in [0.3, 0.4) is 0 Å². The number of halogens is 1. The molecule has 0 bridgehead atoms. The Morgan fingerprint density at radius 2 is 1.95 bits per heavy atom. The van der Waals surface area contributed by atoms with Crippen LogP contribution in [0.25, 0.3) is 0 Å². The zero-order chi connectivity index (χ0) is 15.1. The van der Waals surface area contributed by atoms with Crippen molar-refractivity contribution in [2.45, 2.75) is 18.9 Å². The lowest BCUT2D eigenvalue weighted by Crippen LogP contribution is -2.43. The van der Waals surface area contributed by atoms with Crippen LogP contribution in [0.4, 0.5) is 0 Å². The van der Waals surface area contributed by atoms with Gasteiger partial charge in [-0.2, -0.15) is 0 Å². The van der Waals surface area contributed by atoms with Crippen LogP contribution in [-0.4, -0.2) is 54.9 Å². The molecule has 116 valence electrons. The summed E-state index contributed by atoms with van der Waals surface area (Å²) in [5.41, 5.74) is 0. The second kappa shape index (κ2) is 8.22. The summed E-state index contributed by atoms with van der Waals surface area (Å²) in [6, 6.07) is 6.94. The average molecular weight is 314 g/mol. The van der Waals surface area contributed by atoms with Crippen molar-refractivity contribution in [3.63, 3.8) is 0 Å². The van der Waals surface area contributed by atoms with E-state index in [1.54, 1.807) is 29.2 Å². The van der Waals surface area contributed by atoms with Crippen LogP contribution in [0.5, 0.6) is 5.75 Å². The Labute approximate surface area is 129 Å². The quantitative estimate of drug-likeness (QED) is 0.869. The Hall–Kier alpha value is -1.30. The van der Waals surface area contributed by atoms with Crippen molar-refractivity contribution < 1.29 is 19.4 Å². The highest BCUT2D eigenvalue weighted by molar-refractivity contribution is 6.30. The van der Waals surface area contributed by atoms with Crippen molar-refractivity contribution in [1.29, 1.82) is 0 Å². The fourth-order valence-electron chi connectivity index (χ4n) is 2.26. The summed E-state index contributed by atoms with van der Waals surface area (Å²) < 4.78 is 10.9. The highest BCUT2D eigenvalue weighted by Gasteiger charge is 2.23. The number of hydrogen-bond acceptors (Lipinski definition) is 4. The van der Waals surface area contributed by atoms with Crippen molar-refractivity contribution >= 4 is 17.5 Å². The first kappa shape index (κ1) is 16.1. The molecule has 1 aromatic rings. The van der Waals surface area contributed by atoms with Crippen LogP contribution in [0.2, 0.25) is 5.02 Å². The van der Waals surface area contributed by atoms with Crippen LogP contribution < -0.4 is 4.74 Å².